The van der Waals surface area contributed by atoms with Crippen LogP contribution in [0.4, 0.5) is 0 Å². The average Bonchev–Trinajstić information content (AvgIpc) is 2.76. The number of halogens is 1. The van der Waals surface area contributed by atoms with E-state index in [1.54, 1.807) is 19.2 Å². The number of hydrogen-bond donors (Lipinski definition) is 1. The van der Waals surface area contributed by atoms with Gasteiger partial charge < -0.3 is 19.9 Å². The van der Waals surface area contributed by atoms with Crippen molar-refractivity contribution < 1.29 is 14.3 Å². The molecule has 0 unspecified atom stereocenters. The van der Waals surface area contributed by atoms with E-state index in [1.165, 1.54) is 0 Å². The molecule has 0 aliphatic carbocycles. The summed E-state index contributed by atoms with van der Waals surface area (Å²) in [7, 11) is 7.73. The summed E-state index contributed by atoms with van der Waals surface area (Å²) in [4.78, 5) is 27.7. The Hall–Kier alpha value is -2.41. The number of amides is 1. The predicted octanol–water partition coefficient (Wildman–Crippen LogP) is 3.28. The average molecular weight is 446 g/mol. The van der Waals surface area contributed by atoms with E-state index in [0.29, 0.717) is 34.9 Å². The molecule has 0 fully saturated rings. The highest BCUT2D eigenvalue weighted by molar-refractivity contribution is 6.33. The number of ether oxygens (including phenoxy) is 1. The number of nitrogens with zero attached hydrogens (tertiary/aromatic N) is 2. The molecule has 2 aromatic rings. The Bertz CT molecular complexity index is 898. The Balaban J connectivity index is 2.11. The van der Waals surface area contributed by atoms with Gasteiger partial charge in [0, 0.05) is 32.2 Å². The fourth-order valence-electron chi connectivity index (χ4n) is 3.14. The fourth-order valence-corrected chi connectivity index (χ4v) is 3.43. The summed E-state index contributed by atoms with van der Waals surface area (Å²) >= 11 is 6.60. The van der Waals surface area contributed by atoms with Crippen molar-refractivity contribution in [1.29, 1.82) is 0 Å². The molecular formula is C24H32ClN3O3. The minimum absolute atomic E-state index is 0.122. The first kappa shape index (κ1) is 24.9. The van der Waals surface area contributed by atoms with Gasteiger partial charge in [-0.2, -0.15) is 0 Å². The van der Waals surface area contributed by atoms with E-state index < -0.39 is 0 Å². The number of hydrogen-bond acceptors (Lipinski definition) is 5. The van der Waals surface area contributed by atoms with Crippen LogP contribution in [0.5, 0.6) is 5.75 Å². The van der Waals surface area contributed by atoms with E-state index in [2.05, 4.69) is 15.1 Å². The normalized spacial score (nSPS) is 11.1. The highest BCUT2D eigenvalue weighted by Gasteiger charge is 2.16. The van der Waals surface area contributed by atoms with Crippen LogP contribution in [-0.4, -0.2) is 76.4 Å². The molecule has 0 saturated carbocycles. The Morgan fingerprint density at radius 3 is 2.39 bits per heavy atom. The lowest BCUT2D eigenvalue weighted by Crippen LogP contribution is -2.31. The molecule has 0 bridgehead atoms. The zero-order valence-electron chi connectivity index (χ0n) is 19.0. The largest absolute Gasteiger partial charge is 0.490 e. The van der Waals surface area contributed by atoms with Crippen molar-refractivity contribution in [2.45, 2.75) is 13.3 Å². The summed E-state index contributed by atoms with van der Waals surface area (Å²) in [6, 6.07) is 9.23. The van der Waals surface area contributed by atoms with Crippen LogP contribution in [0, 0.1) is 6.92 Å². The molecule has 168 valence electrons. The first-order valence-corrected chi connectivity index (χ1v) is 10.7. The Labute approximate surface area is 190 Å². The van der Waals surface area contributed by atoms with Crippen LogP contribution in [0.1, 0.15) is 37.4 Å². The number of carbonyl (C=O) groups is 2. The molecule has 0 radical (unpaired) electrons. The third-order valence-electron chi connectivity index (χ3n) is 5.22. The van der Waals surface area contributed by atoms with Crippen molar-refractivity contribution in [2.75, 3.05) is 54.4 Å². The van der Waals surface area contributed by atoms with Crippen LogP contribution in [0.3, 0.4) is 0 Å². The molecule has 6 nitrogen and oxygen atoms in total. The molecule has 0 atom stereocenters. The maximum absolute atomic E-state index is 11.7. The Morgan fingerprint density at radius 1 is 1.13 bits per heavy atom. The predicted molar refractivity (Wildman–Crippen MR) is 126 cm³/mol. The molecular weight excluding hydrogens is 414 g/mol. The quantitative estimate of drug-likeness (QED) is 0.538. The monoisotopic (exact) mass is 445 g/mol. The Morgan fingerprint density at radius 2 is 1.81 bits per heavy atom. The van der Waals surface area contributed by atoms with E-state index in [-0.39, 0.29) is 5.91 Å². The Kier molecular flexibility index (Phi) is 9.49. The minimum Gasteiger partial charge on any atom is -0.490 e. The number of aldehydes is 1. The first-order chi connectivity index (χ1) is 14.8. The van der Waals surface area contributed by atoms with E-state index in [9.17, 15) is 9.59 Å². The molecule has 0 saturated heterocycles. The second-order valence-corrected chi connectivity index (χ2v) is 8.30. The maximum atomic E-state index is 11.7. The van der Waals surface area contributed by atoms with Crippen LogP contribution >= 0.6 is 11.6 Å². The highest BCUT2D eigenvalue weighted by atomic mass is 35.5. The molecule has 2 aromatic carbocycles. The third-order valence-corrected chi connectivity index (χ3v) is 5.67. The van der Waals surface area contributed by atoms with Crippen molar-refractivity contribution in [2.24, 2.45) is 0 Å². The molecule has 31 heavy (non-hydrogen) atoms. The molecule has 0 aliphatic heterocycles. The lowest BCUT2D eigenvalue weighted by molar-refractivity contribution is 0.0962. The zero-order chi connectivity index (χ0) is 23.0. The first-order valence-electron chi connectivity index (χ1n) is 10.3. The van der Waals surface area contributed by atoms with Gasteiger partial charge >= 0.3 is 0 Å². The number of nitrogens with one attached hydrogen (secondary N) is 1. The van der Waals surface area contributed by atoms with Gasteiger partial charge in [0.15, 0.2) is 6.29 Å². The number of rotatable bonds is 11. The summed E-state index contributed by atoms with van der Waals surface area (Å²) < 4.78 is 5.91. The molecule has 1 amide bonds. The van der Waals surface area contributed by atoms with Crippen LogP contribution in [0.25, 0.3) is 0 Å². The van der Waals surface area contributed by atoms with Crippen molar-refractivity contribution >= 4 is 23.8 Å². The number of likely N-dealkylation sites (N-methyl/N-ethyl adjacent to an activating group) is 2. The van der Waals surface area contributed by atoms with Gasteiger partial charge in [-0.05, 0) is 69.4 Å². The lowest BCUT2D eigenvalue weighted by atomic mass is 9.97. The van der Waals surface area contributed by atoms with Gasteiger partial charge in [-0.15, -0.1) is 0 Å². The standard InChI is InChI=1S/C24H32ClN3O3/c1-17-20(14-18-6-8-19(9-7-18)24(30)26-2)15-21(16-29)23(22(17)25)31-13-12-28(5)11-10-27(3)4/h6-9,15-16H,10-14H2,1-5H3,(H,26,30). The highest BCUT2D eigenvalue weighted by Crippen LogP contribution is 2.34. The van der Waals surface area contributed by atoms with Crippen molar-refractivity contribution in [1.82, 2.24) is 15.1 Å². The fraction of sp³-hybridized carbons (Fsp3) is 0.417. The second-order valence-electron chi connectivity index (χ2n) is 7.92. The smallest absolute Gasteiger partial charge is 0.251 e. The summed E-state index contributed by atoms with van der Waals surface area (Å²) in [5.41, 5.74) is 3.92. The second kappa shape index (κ2) is 11.8. The zero-order valence-corrected chi connectivity index (χ0v) is 19.8. The molecule has 1 N–H and O–H groups in total. The maximum Gasteiger partial charge on any atom is 0.251 e. The van der Waals surface area contributed by atoms with Gasteiger partial charge in [0.2, 0.25) is 0 Å². The molecule has 2 rings (SSSR count). The van der Waals surface area contributed by atoms with Crippen LogP contribution in [0.2, 0.25) is 5.02 Å². The lowest BCUT2D eigenvalue weighted by Gasteiger charge is -2.20. The van der Waals surface area contributed by atoms with Gasteiger partial charge in [-0.25, -0.2) is 0 Å². The van der Waals surface area contributed by atoms with Gasteiger partial charge in [0.05, 0.1) is 10.6 Å². The van der Waals surface area contributed by atoms with Crippen molar-refractivity contribution in [3.05, 3.63) is 63.2 Å². The summed E-state index contributed by atoms with van der Waals surface area (Å²) in [6.07, 6.45) is 1.39. The van der Waals surface area contributed by atoms with Gasteiger partial charge in [0.1, 0.15) is 12.4 Å². The molecule has 0 aromatic heterocycles. The summed E-state index contributed by atoms with van der Waals surface area (Å²) in [6.45, 7) is 5.02. The summed E-state index contributed by atoms with van der Waals surface area (Å²) in [5, 5.41) is 3.08. The topological polar surface area (TPSA) is 61.9 Å². The minimum atomic E-state index is -0.122. The van der Waals surface area contributed by atoms with Gasteiger partial charge in [-0.3, -0.25) is 9.59 Å². The number of benzene rings is 2. The van der Waals surface area contributed by atoms with E-state index in [0.717, 1.165) is 42.6 Å². The molecule has 0 heterocycles. The van der Waals surface area contributed by atoms with E-state index >= 15 is 0 Å². The molecule has 7 heteroatoms. The SMILES string of the molecule is CNC(=O)c1ccc(Cc2cc(C=O)c(OCCN(C)CCN(C)C)c(Cl)c2C)cc1. The number of carbonyl (C=O) groups excluding carboxylic acids is 2. The van der Waals surface area contributed by atoms with Crippen LogP contribution in [-0.2, 0) is 6.42 Å². The van der Waals surface area contributed by atoms with Crippen LogP contribution in [0.15, 0.2) is 30.3 Å². The van der Waals surface area contributed by atoms with Crippen molar-refractivity contribution in [3.8, 4) is 5.75 Å². The van der Waals surface area contributed by atoms with E-state index in [1.807, 2.05) is 46.3 Å². The van der Waals surface area contributed by atoms with Gasteiger partial charge in [0.25, 0.3) is 5.91 Å². The molecule has 0 spiro atoms. The molecule has 0 aliphatic rings. The van der Waals surface area contributed by atoms with E-state index in [4.69, 9.17) is 16.3 Å². The van der Waals surface area contributed by atoms with Crippen LogP contribution < -0.4 is 10.1 Å². The van der Waals surface area contributed by atoms with Crippen molar-refractivity contribution in [3.63, 3.8) is 0 Å². The summed E-state index contributed by atoms with van der Waals surface area (Å²) in [5.74, 6) is 0.316. The van der Waals surface area contributed by atoms with Gasteiger partial charge in [-0.1, -0.05) is 23.7 Å². The third kappa shape index (κ3) is 7.06.